The van der Waals surface area contributed by atoms with Gasteiger partial charge in [-0.25, -0.2) is 0 Å². The maximum absolute atomic E-state index is 6.06. The minimum atomic E-state index is 0.0743. The summed E-state index contributed by atoms with van der Waals surface area (Å²) in [6, 6.07) is 8.27. The summed E-state index contributed by atoms with van der Waals surface area (Å²) in [4.78, 5) is 6.65. The number of benzene rings is 1. The normalized spacial score (nSPS) is 28.4. The third-order valence-corrected chi connectivity index (χ3v) is 4.32. The number of nitrogens with zero attached hydrogens (tertiary/aromatic N) is 2. The van der Waals surface area contributed by atoms with Crippen LogP contribution in [0.2, 0.25) is 0 Å². The highest BCUT2D eigenvalue weighted by atomic mass is 79.9. The Morgan fingerprint density at radius 3 is 2.88 bits per heavy atom. The quantitative estimate of drug-likeness (QED) is 0.911. The smallest absolute Gasteiger partial charge is 0.196 e. The molecule has 1 unspecified atom stereocenters. The van der Waals surface area contributed by atoms with Crippen molar-refractivity contribution in [2.45, 2.75) is 25.3 Å². The van der Waals surface area contributed by atoms with Gasteiger partial charge in [0, 0.05) is 10.2 Å². The maximum Gasteiger partial charge on any atom is 0.196 e. The molecule has 3 nitrogen and oxygen atoms in total. The molecule has 1 aromatic rings. The second kappa shape index (κ2) is 3.73. The molecule has 17 heavy (non-hydrogen) atoms. The maximum atomic E-state index is 6.06. The molecule has 90 valence electrons. The number of hydrogen-bond acceptors (Lipinski definition) is 3. The molecule has 1 saturated carbocycles. The first-order valence-corrected chi connectivity index (χ1v) is 6.76. The molecule has 1 heterocycles. The molecular weight excluding hydrogens is 278 g/mol. The molecule has 0 saturated heterocycles. The number of halogens is 1. The summed E-state index contributed by atoms with van der Waals surface area (Å²) in [6.07, 6.45) is 2.59. The minimum Gasteiger partial charge on any atom is -0.369 e. The van der Waals surface area contributed by atoms with Gasteiger partial charge in [0.2, 0.25) is 0 Å². The summed E-state index contributed by atoms with van der Waals surface area (Å²) in [5.41, 5.74) is 7.27. The lowest BCUT2D eigenvalue weighted by atomic mass is 9.94. The van der Waals surface area contributed by atoms with E-state index in [-0.39, 0.29) is 5.54 Å². The van der Waals surface area contributed by atoms with Crippen LogP contribution in [0.15, 0.2) is 33.7 Å². The van der Waals surface area contributed by atoms with Crippen molar-refractivity contribution in [2.75, 3.05) is 11.4 Å². The van der Waals surface area contributed by atoms with Gasteiger partial charge in [0.1, 0.15) is 0 Å². The molecule has 1 aromatic carbocycles. The number of rotatable bonds is 2. The predicted molar refractivity (Wildman–Crippen MR) is 74.2 cm³/mol. The Labute approximate surface area is 110 Å². The fourth-order valence-corrected chi connectivity index (χ4v) is 3.09. The fraction of sp³-hybridized carbons (Fsp3) is 0.462. The van der Waals surface area contributed by atoms with Gasteiger partial charge in [-0.2, -0.15) is 0 Å². The van der Waals surface area contributed by atoms with Gasteiger partial charge in [-0.15, -0.1) is 0 Å². The first kappa shape index (κ1) is 11.1. The van der Waals surface area contributed by atoms with Gasteiger partial charge in [0.15, 0.2) is 5.96 Å². The Kier molecular flexibility index (Phi) is 2.43. The number of nitrogens with two attached hydrogens (primary N) is 1. The molecule has 0 bridgehead atoms. The van der Waals surface area contributed by atoms with Gasteiger partial charge in [0.05, 0.1) is 12.1 Å². The van der Waals surface area contributed by atoms with Gasteiger partial charge in [-0.3, -0.25) is 4.99 Å². The molecule has 0 radical (unpaired) electrons. The van der Waals surface area contributed by atoms with Crippen LogP contribution < -0.4 is 10.6 Å². The Balaban J connectivity index is 2.01. The van der Waals surface area contributed by atoms with Crippen LogP contribution in [0.25, 0.3) is 0 Å². The largest absolute Gasteiger partial charge is 0.369 e. The Morgan fingerprint density at radius 1 is 1.47 bits per heavy atom. The van der Waals surface area contributed by atoms with E-state index in [9.17, 15) is 0 Å². The monoisotopic (exact) mass is 293 g/mol. The van der Waals surface area contributed by atoms with Crippen LogP contribution >= 0.6 is 15.9 Å². The van der Waals surface area contributed by atoms with Crippen LogP contribution in [0.3, 0.4) is 0 Å². The van der Waals surface area contributed by atoms with Crippen molar-refractivity contribution in [3.63, 3.8) is 0 Å². The molecule has 1 aliphatic heterocycles. The zero-order valence-corrected chi connectivity index (χ0v) is 11.4. The lowest BCUT2D eigenvalue weighted by Gasteiger charge is -2.36. The van der Waals surface area contributed by atoms with Crippen molar-refractivity contribution in [3.05, 3.63) is 28.7 Å². The third-order valence-electron chi connectivity index (χ3n) is 3.82. The van der Waals surface area contributed by atoms with Crippen molar-refractivity contribution in [1.29, 1.82) is 0 Å². The molecule has 4 heteroatoms. The highest BCUT2D eigenvalue weighted by Crippen LogP contribution is 2.46. The van der Waals surface area contributed by atoms with Crippen molar-refractivity contribution in [2.24, 2.45) is 16.6 Å². The topological polar surface area (TPSA) is 41.6 Å². The van der Waals surface area contributed by atoms with E-state index in [1.54, 1.807) is 0 Å². The van der Waals surface area contributed by atoms with Crippen LogP contribution in [0.5, 0.6) is 0 Å². The lowest BCUT2D eigenvalue weighted by molar-refractivity contribution is 0.440. The summed E-state index contributed by atoms with van der Waals surface area (Å²) >= 11 is 3.51. The molecule has 1 aliphatic carbocycles. The van der Waals surface area contributed by atoms with E-state index in [0.29, 0.717) is 5.96 Å². The van der Waals surface area contributed by atoms with E-state index >= 15 is 0 Å². The average molecular weight is 294 g/mol. The Bertz CT molecular complexity index is 481. The van der Waals surface area contributed by atoms with E-state index < -0.39 is 0 Å². The van der Waals surface area contributed by atoms with Gasteiger partial charge < -0.3 is 10.6 Å². The van der Waals surface area contributed by atoms with E-state index in [1.165, 1.54) is 12.8 Å². The van der Waals surface area contributed by atoms with Gasteiger partial charge in [-0.05, 0) is 43.9 Å². The summed E-state index contributed by atoms with van der Waals surface area (Å²) in [5, 5.41) is 0. The van der Waals surface area contributed by atoms with Crippen molar-refractivity contribution >= 4 is 27.6 Å². The van der Waals surface area contributed by atoms with Crippen LogP contribution in [-0.2, 0) is 0 Å². The predicted octanol–water partition coefficient (Wildman–Crippen LogP) is 2.75. The van der Waals surface area contributed by atoms with Crippen molar-refractivity contribution < 1.29 is 0 Å². The molecule has 2 aliphatic rings. The van der Waals surface area contributed by atoms with Crippen LogP contribution in [0, 0.1) is 5.92 Å². The zero-order valence-electron chi connectivity index (χ0n) is 9.86. The van der Waals surface area contributed by atoms with Gasteiger partial charge in [-0.1, -0.05) is 22.0 Å². The van der Waals surface area contributed by atoms with E-state index in [0.717, 1.165) is 22.6 Å². The second-order valence-corrected chi connectivity index (χ2v) is 6.04. The zero-order chi connectivity index (χ0) is 12.0. The van der Waals surface area contributed by atoms with E-state index in [2.05, 4.69) is 44.9 Å². The lowest BCUT2D eigenvalue weighted by Crippen LogP contribution is -2.51. The molecule has 0 aromatic heterocycles. The SMILES string of the molecule is CC1(C2CC2)CN=C(N)N1c1cccc(Br)c1. The van der Waals surface area contributed by atoms with Crippen LogP contribution in [-0.4, -0.2) is 18.0 Å². The molecule has 2 N–H and O–H groups in total. The summed E-state index contributed by atoms with van der Waals surface area (Å²) in [6.45, 7) is 3.09. The molecule has 3 rings (SSSR count). The number of guanidine groups is 1. The highest BCUT2D eigenvalue weighted by Gasteiger charge is 2.49. The average Bonchev–Trinajstić information content (AvgIpc) is 3.07. The van der Waals surface area contributed by atoms with E-state index in [4.69, 9.17) is 5.73 Å². The van der Waals surface area contributed by atoms with Crippen LogP contribution in [0.4, 0.5) is 5.69 Å². The number of hydrogen-bond donors (Lipinski definition) is 1. The van der Waals surface area contributed by atoms with Gasteiger partial charge in [0.25, 0.3) is 0 Å². The first-order valence-electron chi connectivity index (χ1n) is 5.97. The second-order valence-electron chi connectivity index (χ2n) is 5.12. The van der Waals surface area contributed by atoms with Crippen molar-refractivity contribution in [3.8, 4) is 0 Å². The fourth-order valence-electron chi connectivity index (χ4n) is 2.70. The number of anilines is 1. The molecular formula is C13H16BrN3. The first-order chi connectivity index (χ1) is 8.11. The Morgan fingerprint density at radius 2 is 2.24 bits per heavy atom. The standard InChI is InChI=1S/C13H16BrN3/c1-13(9-5-6-9)8-16-12(15)17(13)11-4-2-3-10(14)7-11/h2-4,7,9H,5-6,8H2,1H3,(H2,15,16). The molecule has 0 spiro atoms. The summed E-state index contributed by atoms with van der Waals surface area (Å²) < 4.78 is 1.08. The minimum absolute atomic E-state index is 0.0743. The third kappa shape index (κ3) is 1.75. The van der Waals surface area contributed by atoms with Gasteiger partial charge >= 0.3 is 0 Å². The molecule has 1 fully saturated rings. The van der Waals surface area contributed by atoms with Crippen LogP contribution in [0.1, 0.15) is 19.8 Å². The molecule has 1 atom stereocenters. The summed E-state index contributed by atoms with van der Waals surface area (Å²) in [5.74, 6) is 1.38. The van der Waals surface area contributed by atoms with Crippen molar-refractivity contribution in [1.82, 2.24) is 0 Å². The van der Waals surface area contributed by atoms with E-state index in [1.807, 2.05) is 12.1 Å². The number of aliphatic imine (C=N–C) groups is 1. The highest BCUT2D eigenvalue weighted by molar-refractivity contribution is 9.10. The summed E-state index contributed by atoms with van der Waals surface area (Å²) in [7, 11) is 0. The Hall–Kier alpha value is -1.03. The molecule has 0 amide bonds.